The van der Waals surface area contributed by atoms with Crippen molar-refractivity contribution in [3.63, 3.8) is 0 Å². The molecule has 0 aliphatic heterocycles. The highest BCUT2D eigenvalue weighted by Gasteiger charge is 2.20. The molecule has 0 saturated heterocycles. The Kier molecular flexibility index (Phi) is 4.11. The van der Waals surface area contributed by atoms with Gasteiger partial charge in [0, 0.05) is 11.1 Å². The zero-order valence-electron chi connectivity index (χ0n) is 11.4. The number of nitrogens with zero attached hydrogens (tertiary/aromatic N) is 2. The van der Waals surface area contributed by atoms with Crippen molar-refractivity contribution >= 4 is 17.9 Å². The number of hydrogen-bond donors (Lipinski definition) is 1. The zero-order chi connectivity index (χ0) is 16.4. The number of ether oxygens (including phenoxy) is 1. The van der Waals surface area contributed by atoms with Crippen molar-refractivity contribution in [2.45, 2.75) is 0 Å². The van der Waals surface area contributed by atoms with E-state index in [1.54, 1.807) is 0 Å². The summed E-state index contributed by atoms with van der Waals surface area (Å²) in [5.74, 6) is -5.65. The maximum absolute atomic E-state index is 13.3. The van der Waals surface area contributed by atoms with E-state index in [2.05, 4.69) is 21.3 Å². The number of methoxy groups -OCH3 is 1. The second-order valence-corrected chi connectivity index (χ2v) is 4.14. The fraction of sp³-hybridized carbons (Fsp3) is 0.0714. The molecule has 114 valence electrons. The van der Waals surface area contributed by atoms with Gasteiger partial charge in [0.15, 0.2) is 29.0 Å². The minimum atomic E-state index is -1.62. The van der Waals surface area contributed by atoms with Crippen LogP contribution in [0.4, 0.5) is 19.0 Å². The number of esters is 1. The van der Waals surface area contributed by atoms with Crippen molar-refractivity contribution in [1.82, 2.24) is 9.97 Å². The van der Waals surface area contributed by atoms with Crippen molar-refractivity contribution in [1.29, 1.82) is 0 Å². The topological polar surface area (TPSA) is 78.1 Å². The van der Waals surface area contributed by atoms with Gasteiger partial charge in [0.25, 0.3) is 0 Å². The Morgan fingerprint density at radius 1 is 1.27 bits per heavy atom. The van der Waals surface area contributed by atoms with E-state index in [-0.39, 0.29) is 28.5 Å². The highest BCUT2D eigenvalue weighted by molar-refractivity contribution is 5.93. The lowest BCUT2D eigenvalue weighted by Gasteiger charge is -2.09. The molecule has 22 heavy (non-hydrogen) atoms. The lowest BCUT2D eigenvalue weighted by Crippen LogP contribution is -2.12. The molecule has 8 heteroatoms. The summed E-state index contributed by atoms with van der Waals surface area (Å²) in [6, 6.07) is 1.39. The van der Waals surface area contributed by atoms with Gasteiger partial charge in [-0.25, -0.2) is 27.9 Å². The van der Waals surface area contributed by atoms with Crippen LogP contribution in [-0.4, -0.2) is 23.0 Å². The lowest BCUT2D eigenvalue weighted by atomic mass is 10.1. The molecule has 0 amide bonds. The van der Waals surface area contributed by atoms with Crippen LogP contribution in [0.25, 0.3) is 17.5 Å². The predicted molar refractivity (Wildman–Crippen MR) is 73.2 cm³/mol. The fourth-order valence-corrected chi connectivity index (χ4v) is 1.75. The normalized spacial score (nSPS) is 10.4. The number of carbonyl (C=O) groups excluding carboxylic acids is 1. The molecule has 1 heterocycles. The van der Waals surface area contributed by atoms with E-state index in [1.165, 1.54) is 6.08 Å². The summed E-state index contributed by atoms with van der Waals surface area (Å²) < 4.78 is 44.1. The Morgan fingerprint density at radius 3 is 2.36 bits per heavy atom. The van der Waals surface area contributed by atoms with Crippen LogP contribution in [0.15, 0.2) is 18.7 Å². The molecule has 5 nitrogen and oxygen atoms in total. The molecule has 0 atom stereocenters. The first kappa shape index (κ1) is 15.5. The largest absolute Gasteiger partial charge is 0.464 e. The van der Waals surface area contributed by atoms with Gasteiger partial charge in [0.1, 0.15) is 5.82 Å². The molecular weight excluding hydrogens is 299 g/mol. The molecule has 0 aliphatic carbocycles. The van der Waals surface area contributed by atoms with Crippen LogP contribution in [-0.2, 0) is 4.74 Å². The van der Waals surface area contributed by atoms with Gasteiger partial charge in [-0.05, 0) is 12.1 Å². The summed E-state index contributed by atoms with van der Waals surface area (Å²) in [6.45, 7) is 3.47. The average Bonchev–Trinajstić information content (AvgIpc) is 2.50. The summed E-state index contributed by atoms with van der Waals surface area (Å²) in [4.78, 5) is 19.4. The van der Waals surface area contributed by atoms with Crippen molar-refractivity contribution in [3.8, 4) is 11.4 Å². The van der Waals surface area contributed by atoms with Gasteiger partial charge in [0.05, 0.1) is 7.11 Å². The SMILES string of the molecule is C=Cc1c(N)nc(-c2cc(F)c(F)c(F)c2)nc1C(=O)OC. The third kappa shape index (κ3) is 2.62. The molecule has 0 unspecified atom stereocenters. The maximum Gasteiger partial charge on any atom is 0.357 e. The quantitative estimate of drug-likeness (QED) is 0.696. The molecule has 1 aromatic heterocycles. The van der Waals surface area contributed by atoms with Gasteiger partial charge in [-0.15, -0.1) is 0 Å². The van der Waals surface area contributed by atoms with E-state index < -0.39 is 23.4 Å². The first-order chi connectivity index (χ1) is 10.4. The maximum atomic E-state index is 13.3. The number of anilines is 1. The number of nitrogens with two attached hydrogens (primary N) is 1. The Hall–Kier alpha value is -2.90. The molecule has 2 aromatic rings. The Balaban J connectivity index is 2.69. The number of rotatable bonds is 3. The third-order valence-electron chi connectivity index (χ3n) is 2.80. The number of halogens is 3. The van der Waals surface area contributed by atoms with Crippen LogP contribution in [0.2, 0.25) is 0 Å². The summed E-state index contributed by atoms with van der Waals surface area (Å²) in [5, 5.41) is 0. The van der Waals surface area contributed by atoms with Gasteiger partial charge in [-0.2, -0.15) is 0 Å². The minimum Gasteiger partial charge on any atom is -0.464 e. The van der Waals surface area contributed by atoms with Gasteiger partial charge in [-0.3, -0.25) is 0 Å². The summed E-state index contributed by atoms with van der Waals surface area (Å²) >= 11 is 0. The smallest absolute Gasteiger partial charge is 0.357 e. The van der Waals surface area contributed by atoms with E-state index in [1.807, 2.05) is 0 Å². The van der Waals surface area contributed by atoms with Crippen LogP contribution < -0.4 is 5.73 Å². The molecule has 0 aliphatic rings. The summed E-state index contributed by atoms with van der Waals surface area (Å²) in [5.41, 5.74) is 5.41. The van der Waals surface area contributed by atoms with Crippen LogP contribution in [0.3, 0.4) is 0 Å². The highest BCUT2D eigenvalue weighted by atomic mass is 19.2. The van der Waals surface area contributed by atoms with Crippen LogP contribution in [0.1, 0.15) is 16.1 Å². The van der Waals surface area contributed by atoms with Crippen molar-refractivity contribution in [2.75, 3.05) is 12.8 Å². The van der Waals surface area contributed by atoms with Crippen molar-refractivity contribution in [3.05, 3.63) is 47.4 Å². The van der Waals surface area contributed by atoms with Crippen LogP contribution in [0, 0.1) is 17.5 Å². The van der Waals surface area contributed by atoms with Gasteiger partial charge >= 0.3 is 5.97 Å². The Bertz CT molecular complexity index is 755. The number of aromatic nitrogens is 2. The van der Waals surface area contributed by atoms with E-state index in [0.717, 1.165) is 7.11 Å². The van der Waals surface area contributed by atoms with Crippen molar-refractivity contribution < 1.29 is 22.7 Å². The van der Waals surface area contributed by atoms with E-state index >= 15 is 0 Å². The molecule has 0 spiro atoms. The number of nitrogen functional groups attached to an aromatic ring is 1. The lowest BCUT2D eigenvalue weighted by molar-refractivity contribution is 0.0594. The monoisotopic (exact) mass is 309 g/mol. The van der Waals surface area contributed by atoms with E-state index in [9.17, 15) is 18.0 Å². The predicted octanol–water partition coefficient (Wildman–Crippen LogP) is 2.57. The minimum absolute atomic E-state index is 0.124. The third-order valence-corrected chi connectivity index (χ3v) is 2.80. The van der Waals surface area contributed by atoms with E-state index in [4.69, 9.17) is 5.73 Å². The Labute approximate surface area is 123 Å². The summed E-state index contributed by atoms with van der Waals surface area (Å²) in [6.07, 6.45) is 1.25. The first-order valence-electron chi connectivity index (χ1n) is 5.92. The average molecular weight is 309 g/mol. The second kappa shape index (κ2) is 5.84. The fourth-order valence-electron chi connectivity index (χ4n) is 1.75. The van der Waals surface area contributed by atoms with Crippen LogP contribution >= 0.6 is 0 Å². The molecule has 1 aromatic carbocycles. The molecule has 2 rings (SSSR count). The standard InChI is InChI=1S/C14H10F3N3O2/c1-3-7-11(14(21)22-2)19-13(20-12(7)18)6-4-8(15)10(17)9(16)5-6/h3-5H,1H2,2H3,(H2,18,19,20). The number of benzene rings is 1. The first-order valence-corrected chi connectivity index (χ1v) is 5.92. The number of carbonyl (C=O) groups is 1. The van der Waals surface area contributed by atoms with Gasteiger partial charge < -0.3 is 10.5 Å². The molecule has 0 fully saturated rings. The number of hydrogen-bond acceptors (Lipinski definition) is 5. The molecular formula is C14H10F3N3O2. The molecule has 0 saturated carbocycles. The zero-order valence-corrected chi connectivity index (χ0v) is 11.4. The molecule has 0 radical (unpaired) electrons. The van der Waals surface area contributed by atoms with E-state index in [0.29, 0.717) is 12.1 Å². The highest BCUT2D eigenvalue weighted by Crippen LogP contribution is 2.25. The van der Waals surface area contributed by atoms with Gasteiger partial charge in [-0.1, -0.05) is 12.7 Å². The summed E-state index contributed by atoms with van der Waals surface area (Å²) in [7, 11) is 1.13. The second-order valence-electron chi connectivity index (χ2n) is 4.14. The van der Waals surface area contributed by atoms with Crippen LogP contribution in [0.5, 0.6) is 0 Å². The molecule has 2 N–H and O–H groups in total. The van der Waals surface area contributed by atoms with Crippen molar-refractivity contribution in [2.24, 2.45) is 0 Å². The molecule has 0 bridgehead atoms. The Morgan fingerprint density at radius 2 is 1.86 bits per heavy atom. The van der Waals surface area contributed by atoms with Gasteiger partial charge in [0.2, 0.25) is 0 Å².